The van der Waals surface area contributed by atoms with Gasteiger partial charge in [-0.2, -0.15) is 0 Å². The lowest BCUT2D eigenvalue weighted by molar-refractivity contribution is -0.672. The second-order valence-electron chi connectivity index (χ2n) is 5.32. The molecule has 0 aliphatic heterocycles. The zero-order valence-corrected chi connectivity index (χ0v) is 12.7. The van der Waals surface area contributed by atoms with E-state index in [1.807, 2.05) is 0 Å². The number of hydrogen-bond donors (Lipinski definition) is 2. The lowest BCUT2D eigenvalue weighted by Crippen LogP contribution is -2.44. The highest BCUT2D eigenvalue weighted by molar-refractivity contribution is 5.67. The summed E-state index contributed by atoms with van der Waals surface area (Å²) >= 11 is 0. The van der Waals surface area contributed by atoms with Crippen molar-refractivity contribution >= 4 is 17.0 Å². The van der Waals surface area contributed by atoms with Gasteiger partial charge < -0.3 is 16.1 Å². The molecule has 3 N–H and O–H groups in total. The molecule has 0 unspecified atom stereocenters. The predicted octanol–water partition coefficient (Wildman–Crippen LogP) is 1.21. The largest absolute Gasteiger partial charge is 0.739 e. The first-order valence-electron chi connectivity index (χ1n) is 7.80. The van der Waals surface area contributed by atoms with Gasteiger partial charge in [0, 0.05) is 10.9 Å². The molecule has 0 saturated carbocycles. The molecule has 7 nitrogen and oxygen atoms in total. The van der Waals surface area contributed by atoms with Gasteiger partial charge in [-0.1, -0.05) is 37.8 Å². The van der Waals surface area contributed by atoms with Crippen LogP contribution >= 0.6 is 0 Å². The molecule has 0 radical (unpaired) electrons. The fraction of sp³-hybridized carbons (Fsp3) is 0.533. The van der Waals surface area contributed by atoms with E-state index in [1.165, 1.54) is 12.8 Å². The Balaban J connectivity index is 1.83. The van der Waals surface area contributed by atoms with Gasteiger partial charge in [-0.15, -0.1) is 0 Å². The molecule has 1 aromatic carbocycles. The van der Waals surface area contributed by atoms with Crippen LogP contribution in [0.25, 0.3) is 11.0 Å². The molecular weight excluding hydrogens is 282 g/mol. The third-order valence-electron chi connectivity index (χ3n) is 3.60. The van der Waals surface area contributed by atoms with Crippen LogP contribution in [0.4, 0.5) is 5.95 Å². The van der Waals surface area contributed by atoms with E-state index < -0.39 is 0 Å². The molecule has 1 heterocycles. The second kappa shape index (κ2) is 8.33. The van der Waals surface area contributed by atoms with Crippen molar-refractivity contribution in [1.29, 1.82) is 0 Å². The highest BCUT2D eigenvalue weighted by atomic mass is 16.5. The molecule has 0 aliphatic carbocycles. The Morgan fingerprint density at radius 1 is 0.955 bits per heavy atom. The molecule has 22 heavy (non-hydrogen) atoms. The fourth-order valence-corrected chi connectivity index (χ4v) is 2.38. The van der Waals surface area contributed by atoms with Crippen LogP contribution in [0.2, 0.25) is 0 Å². The molecule has 0 atom stereocenters. The molecular formula is C15H23N5O2. The fourth-order valence-electron chi connectivity index (χ4n) is 2.38. The highest BCUT2D eigenvalue weighted by Gasteiger charge is 2.18. The lowest BCUT2D eigenvalue weighted by Gasteiger charge is -2.09. The molecule has 2 rings (SSSR count). The molecule has 0 spiro atoms. The highest BCUT2D eigenvalue weighted by Crippen LogP contribution is 2.07. The number of rotatable bonds is 9. The molecule has 0 saturated heterocycles. The van der Waals surface area contributed by atoms with Crippen molar-refractivity contribution in [2.75, 3.05) is 18.4 Å². The molecule has 0 fully saturated rings. The minimum absolute atomic E-state index is 0.0526. The maximum atomic E-state index is 12.1. The third-order valence-corrected chi connectivity index (χ3v) is 3.60. The van der Waals surface area contributed by atoms with E-state index in [-0.39, 0.29) is 11.5 Å². The van der Waals surface area contributed by atoms with Crippen LogP contribution in [-0.2, 0) is 0 Å². The number of hydrogen-bond acceptors (Lipinski definition) is 5. The van der Waals surface area contributed by atoms with Crippen LogP contribution in [0.15, 0.2) is 24.3 Å². The average Bonchev–Trinajstić information content (AvgIpc) is 2.54. The molecule has 7 heteroatoms. The van der Waals surface area contributed by atoms with Crippen LogP contribution in [-0.4, -0.2) is 18.2 Å². The van der Waals surface area contributed by atoms with E-state index in [4.69, 9.17) is 5.73 Å². The topological polar surface area (TPSA) is 105 Å². The van der Waals surface area contributed by atoms with E-state index in [2.05, 4.69) is 10.4 Å². The van der Waals surface area contributed by atoms with Gasteiger partial charge in [0.1, 0.15) is 0 Å². The summed E-state index contributed by atoms with van der Waals surface area (Å²) in [6.45, 7) is 1.39. The summed E-state index contributed by atoms with van der Waals surface area (Å²) in [6.07, 6.45) is 6.63. The first-order valence-corrected chi connectivity index (χ1v) is 7.80. The number of fused-ring (bicyclic) bond motifs is 1. The van der Waals surface area contributed by atoms with Crippen molar-refractivity contribution < 1.29 is 9.58 Å². The molecule has 1 aromatic heterocycles. The number of para-hydroxylation sites is 2. The Labute approximate surface area is 129 Å². The van der Waals surface area contributed by atoms with Gasteiger partial charge in [0.25, 0.3) is 5.52 Å². The summed E-state index contributed by atoms with van der Waals surface area (Å²) in [4.78, 5) is 0.485. The molecule has 2 aromatic rings. The minimum Gasteiger partial charge on any atom is -0.739 e. The van der Waals surface area contributed by atoms with Gasteiger partial charge in [-0.25, -0.2) is 4.73 Å². The van der Waals surface area contributed by atoms with Gasteiger partial charge in [0.2, 0.25) is 5.10 Å². The summed E-state index contributed by atoms with van der Waals surface area (Å²) in [5.41, 5.74) is 6.03. The van der Waals surface area contributed by atoms with Crippen LogP contribution < -0.4 is 20.6 Å². The Morgan fingerprint density at radius 2 is 1.59 bits per heavy atom. The van der Waals surface area contributed by atoms with Crippen molar-refractivity contribution in [2.24, 2.45) is 5.73 Å². The summed E-state index contributed by atoms with van der Waals surface area (Å²) in [5, 5.41) is 30.6. The summed E-state index contributed by atoms with van der Waals surface area (Å²) in [7, 11) is 0. The molecule has 0 amide bonds. The monoisotopic (exact) mass is 305 g/mol. The predicted molar refractivity (Wildman–Crippen MR) is 84.9 cm³/mol. The summed E-state index contributed by atoms with van der Waals surface area (Å²) in [5.74, 6) is 0.0526. The van der Waals surface area contributed by atoms with E-state index >= 15 is 0 Å². The SMILES string of the molecule is NCCCCCCCCNc1n[n+]([O-])c2ccccc2[n+]1[O-]. The minimum atomic E-state index is 0.0526. The maximum absolute atomic E-state index is 12.1. The smallest absolute Gasteiger partial charge is 0.460 e. The van der Waals surface area contributed by atoms with Crippen molar-refractivity contribution in [3.63, 3.8) is 0 Å². The van der Waals surface area contributed by atoms with Crippen LogP contribution in [0, 0.1) is 10.4 Å². The first kappa shape index (κ1) is 16.2. The summed E-state index contributed by atoms with van der Waals surface area (Å²) < 4.78 is 0.672. The van der Waals surface area contributed by atoms with E-state index in [1.54, 1.807) is 24.3 Å². The quantitative estimate of drug-likeness (QED) is 0.411. The summed E-state index contributed by atoms with van der Waals surface area (Å²) in [6, 6.07) is 6.62. The van der Waals surface area contributed by atoms with Crippen molar-refractivity contribution in [3.05, 3.63) is 34.7 Å². The lowest BCUT2D eigenvalue weighted by atomic mass is 10.1. The van der Waals surface area contributed by atoms with Gasteiger partial charge in [-0.3, -0.25) is 5.32 Å². The van der Waals surface area contributed by atoms with Crippen molar-refractivity contribution in [2.45, 2.75) is 38.5 Å². The number of unbranched alkanes of at least 4 members (excludes halogenated alkanes) is 5. The number of nitrogens with zero attached hydrogens (tertiary/aromatic N) is 3. The van der Waals surface area contributed by atoms with Crippen molar-refractivity contribution in [3.8, 4) is 0 Å². The van der Waals surface area contributed by atoms with Crippen molar-refractivity contribution in [1.82, 2.24) is 5.10 Å². The molecule has 0 aliphatic rings. The third kappa shape index (κ3) is 4.17. The average molecular weight is 305 g/mol. The number of aromatic nitrogens is 3. The van der Waals surface area contributed by atoms with Crippen LogP contribution in [0.5, 0.6) is 0 Å². The molecule has 120 valence electrons. The van der Waals surface area contributed by atoms with E-state index in [9.17, 15) is 10.4 Å². The van der Waals surface area contributed by atoms with E-state index in [0.29, 0.717) is 21.6 Å². The number of nitrogens with one attached hydrogen (secondary N) is 1. The zero-order valence-electron chi connectivity index (χ0n) is 12.7. The van der Waals surface area contributed by atoms with Gasteiger partial charge in [0.05, 0.1) is 6.54 Å². The standard InChI is InChI=1S/C15H23N5O2/c16-11-7-3-1-2-4-8-12-17-15-18-20(22)14-10-6-5-9-13(14)19(15)21/h5-6,9-10H,1-4,7-8,11-12,16H2,(H,17,18). The Morgan fingerprint density at radius 3 is 2.32 bits per heavy atom. The normalized spacial score (nSPS) is 11.0. The number of nitrogens with two attached hydrogens (primary N) is 1. The van der Waals surface area contributed by atoms with Crippen LogP contribution in [0.1, 0.15) is 38.5 Å². The Kier molecular flexibility index (Phi) is 6.14. The van der Waals surface area contributed by atoms with Gasteiger partial charge >= 0.3 is 5.95 Å². The van der Waals surface area contributed by atoms with Gasteiger partial charge in [-0.05, 0) is 25.5 Å². The Bertz CT molecular complexity index is 606. The number of anilines is 1. The zero-order chi connectivity index (χ0) is 15.8. The maximum Gasteiger partial charge on any atom is 0.460 e. The van der Waals surface area contributed by atoms with Crippen LogP contribution in [0.3, 0.4) is 0 Å². The van der Waals surface area contributed by atoms with Gasteiger partial charge in [0.15, 0.2) is 5.52 Å². The Hall–Kier alpha value is -2.15. The molecule has 0 bridgehead atoms. The second-order valence-corrected chi connectivity index (χ2v) is 5.32. The number of benzene rings is 1. The van der Waals surface area contributed by atoms with E-state index in [0.717, 1.165) is 32.2 Å². The first-order chi connectivity index (χ1) is 10.7.